The van der Waals surface area contributed by atoms with Crippen LogP contribution in [0, 0.1) is 20.8 Å². The van der Waals surface area contributed by atoms with E-state index in [1.54, 1.807) is 6.92 Å². The fourth-order valence-corrected chi connectivity index (χ4v) is 3.69. The Morgan fingerprint density at radius 1 is 1.42 bits per heavy atom. The molecule has 0 spiro atoms. The summed E-state index contributed by atoms with van der Waals surface area (Å²) in [7, 11) is 0. The maximum absolute atomic E-state index is 13.0. The molecule has 0 bridgehead atoms. The summed E-state index contributed by atoms with van der Waals surface area (Å²) in [6, 6.07) is 3.90. The van der Waals surface area contributed by atoms with Gasteiger partial charge in [-0.05, 0) is 53.0 Å². The van der Waals surface area contributed by atoms with E-state index < -0.39 is 6.10 Å². The molecule has 2 unspecified atom stereocenters. The van der Waals surface area contributed by atoms with Crippen molar-refractivity contribution in [3.05, 3.63) is 34.8 Å². The quantitative estimate of drug-likeness (QED) is 0.935. The predicted octanol–water partition coefficient (Wildman–Crippen LogP) is 2.77. The van der Waals surface area contributed by atoms with Gasteiger partial charge in [0.05, 0.1) is 11.7 Å². The van der Waals surface area contributed by atoms with Crippen LogP contribution in [0.4, 0.5) is 0 Å². The standard InChI is InChI=1S/C18H25N3O3/c1-11-8-16(14(4)21(11)17-10-13(3)24-19-17)18(23)20-7-5-6-15(20)9-12(2)22/h8,10,12,15,22H,5-7,9H2,1-4H3. The second-order valence-corrected chi connectivity index (χ2v) is 6.80. The monoisotopic (exact) mass is 331 g/mol. The van der Waals surface area contributed by atoms with Crippen LogP contribution in [-0.2, 0) is 0 Å². The van der Waals surface area contributed by atoms with Gasteiger partial charge < -0.3 is 14.5 Å². The lowest BCUT2D eigenvalue weighted by Gasteiger charge is -2.25. The second-order valence-electron chi connectivity index (χ2n) is 6.80. The number of aliphatic hydroxyl groups is 1. The molecule has 24 heavy (non-hydrogen) atoms. The van der Waals surface area contributed by atoms with Gasteiger partial charge in [0.2, 0.25) is 0 Å². The summed E-state index contributed by atoms with van der Waals surface area (Å²) >= 11 is 0. The number of rotatable bonds is 4. The van der Waals surface area contributed by atoms with Crippen molar-refractivity contribution < 1.29 is 14.4 Å². The lowest BCUT2D eigenvalue weighted by Crippen LogP contribution is -2.37. The first kappa shape index (κ1) is 16.8. The van der Waals surface area contributed by atoms with Crippen molar-refractivity contribution in [1.29, 1.82) is 0 Å². The fourth-order valence-electron chi connectivity index (χ4n) is 3.69. The van der Waals surface area contributed by atoms with Crippen LogP contribution < -0.4 is 0 Å². The average molecular weight is 331 g/mol. The van der Waals surface area contributed by atoms with Crippen LogP contribution in [0.15, 0.2) is 16.7 Å². The molecule has 6 nitrogen and oxygen atoms in total. The summed E-state index contributed by atoms with van der Waals surface area (Å²) in [6.07, 6.45) is 2.18. The van der Waals surface area contributed by atoms with Crippen molar-refractivity contribution in [1.82, 2.24) is 14.6 Å². The Bertz CT molecular complexity index is 745. The van der Waals surface area contributed by atoms with E-state index in [4.69, 9.17) is 4.52 Å². The zero-order chi connectivity index (χ0) is 17.4. The van der Waals surface area contributed by atoms with Crippen molar-refractivity contribution in [3.8, 4) is 5.82 Å². The van der Waals surface area contributed by atoms with E-state index in [2.05, 4.69) is 5.16 Å². The smallest absolute Gasteiger partial charge is 0.255 e. The largest absolute Gasteiger partial charge is 0.393 e. The van der Waals surface area contributed by atoms with Crippen LogP contribution in [0.5, 0.6) is 0 Å². The number of carbonyl (C=O) groups excluding carboxylic acids is 1. The van der Waals surface area contributed by atoms with Gasteiger partial charge in [0, 0.05) is 30.0 Å². The number of hydrogen-bond acceptors (Lipinski definition) is 4. The maximum atomic E-state index is 13.0. The van der Waals surface area contributed by atoms with Crippen LogP contribution in [0.2, 0.25) is 0 Å². The van der Waals surface area contributed by atoms with E-state index in [9.17, 15) is 9.90 Å². The molecule has 130 valence electrons. The molecule has 1 aliphatic rings. The van der Waals surface area contributed by atoms with Crippen molar-refractivity contribution in [3.63, 3.8) is 0 Å². The highest BCUT2D eigenvalue weighted by atomic mass is 16.5. The topological polar surface area (TPSA) is 71.5 Å². The summed E-state index contributed by atoms with van der Waals surface area (Å²) < 4.78 is 7.11. The summed E-state index contributed by atoms with van der Waals surface area (Å²) in [4.78, 5) is 15.0. The summed E-state index contributed by atoms with van der Waals surface area (Å²) in [5.41, 5.74) is 2.52. The van der Waals surface area contributed by atoms with Gasteiger partial charge in [-0.3, -0.25) is 9.36 Å². The average Bonchev–Trinajstić information content (AvgIpc) is 3.18. The van der Waals surface area contributed by atoms with Crippen LogP contribution in [0.3, 0.4) is 0 Å². The van der Waals surface area contributed by atoms with E-state index in [1.807, 2.05) is 42.4 Å². The Kier molecular flexibility index (Phi) is 4.49. The SMILES string of the molecule is Cc1cc(-n2c(C)cc(C(=O)N3CCCC3CC(C)O)c2C)no1. The molecule has 1 N–H and O–H groups in total. The van der Waals surface area contributed by atoms with Gasteiger partial charge in [0.1, 0.15) is 5.76 Å². The molecular formula is C18H25N3O3. The molecule has 3 rings (SSSR count). The molecule has 0 aliphatic carbocycles. The van der Waals surface area contributed by atoms with Crippen molar-refractivity contribution in [2.45, 2.75) is 59.1 Å². The molecule has 1 aliphatic heterocycles. The zero-order valence-corrected chi connectivity index (χ0v) is 14.7. The highest BCUT2D eigenvalue weighted by Gasteiger charge is 2.32. The Morgan fingerprint density at radius 3 is 2.79 bits per heavy atom. The van der Waals surface area contributed by atoms with Crippen LogP contribution in [0.1, 0.15) is 53.7 Å². The van der Waals surface area contributed by atoms with E-state index in [-0.39, 0.29) is 11.9 Å². The van der Waals surface area contributed by atoms with E-state index >= 15 is 0 Å². The third-order valence-corrected chi connectivity index (χ3v) is 4.76. The number of amides is 1. The number of nitrogens with zero attached hydrogens (tertiary/aromatic N) is 3. The van der Waals surface area contributed by atoms with Crippen molar-refractivity contribution >= 4 is 5.91 Å². The van der Waals surface area contributed by atoms with E-state index in [1.165, 1.54) is 0 Å². The van der Waals surface area contributed by atoms with Crippen molar-refractivity contribution in [2.24, 2.45) is 0 Å². The first-order chi connectivity index (χ1) is 11.4. The van der Waals surface area contributed by atoms with Gasteiger partial charge >= 0.3 is 0 Å². The molecule has 2 aromatic heterocycles. The highest BCUT2D eigenvalue weighted by Crippen LogP contribution is 2.27. The van der Waals surface area contributed by atoms with Gasteiger partial charge in [0.25, 0.3) is 5.91 Å². The lowest BCUT2D eigenvalue weighted by molar-refractivity contribution is 0.0681. The Morgan fingerprint density at radius 2 is 2.17 bits per heavy atom. The van der Waals surface area contributed by atoms with Crippen LogP contribution in [0.25, 0.3) is 5.82 Å². The number of likely N-dealkylation sites (tertiary alicyclic amines) is 1. The zero-order valence-electron chi connectivity index (χ0n) is 14.7. The Labute approximate surface area is 142 Å². The predicted molar refractivity (Wildman–Crippen MR) is 90.4 cm³/mol. The van der Waals surface area contributed by atoms with Gasteiger partial charge in [-0.25, -0.2) is 0 Å². The summed E-state index contributed by atoms with van der Waals surface area (Å²) in [5.74, 6) is 1.48. The molecule has 0 radical (unpaired) electrons. The normalized spacial score (nSPS) is 19.0. The molecule has 1 saturated heterocycles. The molecule has 3 heterocycles. The number of aryl methyl sites for hydroxylation is 2. The lowest BCUT2D eigenvalue weighted by atomic mass is 10.1. The molecule has 0 saturated carbocycles. The number of carbonyl (C=O) groups is 1. The molecule has 0 aromatic carbocycles. The molecule has 1 amide bonds. The first-order valence-corrected chi connectivity index (χ1v) is 8.50. The number of hydrogen-bond donors (Lipinski definition) is 1. The number of aromatic nitrogens is 2. The van der Waals surface area contributed by atoms with Crippen molar-refractivity contribution in [2.75, 3.05) is 6.54 Å². The Balaban J connectivity index is 1.91. The third-order valence-electron chi connectivity index (χ3n) is 4.76. The minimum absolute atomic E-state index is 0.0396. The summed E-state index contributed by atoms with van der Waals surface area (Å²) in [6.45, 7) is 8.28. The van der Waals surface area contributed by atoms with Gasteiger partial charge in [-0.15, -0.1) is 0 Å². The Hall–Kier alpha value is -2.08. The third kappa shape index (κ3) is 2.98. The van der Waals surface area contributed by atoms with Gasteiger partial charge in [0.15, 0.2) is 5.82 Å². The maximum Gasteiger partial charge on any atom is 0.255 e. The molecule has 6 heteroatoms. The fraction of sp³-hybridized carbons (Fsp3) is 0.556. The van der Waals surface area contributed by atoms with Gasteiger partial charge in [-0.1, -0.05) is 5.16 Å². The molecule has 2 atom stereocenters. The number of aliphatic hydroxyl groups excluding tert-OH is 1. The second kappa shape index (κ2) is 6.43. The molecule has 2 aromatic rings. The minimum Gasteiger partial charge on any atom is -0.393 e. The van der Waals surface area contributed by atoms with Crippen LogP contribution in [-0.4, -0.2) is 44.3 Å². The van der Waals surface area contributed by atoms with Crippen LogP contribution >= 0.6 is 0 Å². The minimum atomic E-state index is -0.395. The molecular weight excluding hydrogens is 306 g/mol. The highest BCUT2D eigenvalue weighted by molar-refractivity contribution is 5.96. The summed E-state index contributed by atoms with van der Waals surface area (Å²) in [5, 5.41) is 13.7. The van der Waals surface area contributed by atoms with E-state index in [0.717, 1.165) is 36.5 Å². The molecule has 1 fully saturated rings. The van der Waals surface area contributed by atoms with Gasteiger partial charge in [-0.2, -0.15) is 0 Å². The van der Waals surface area contributed by atoms with E-state index in [0.29, 0.717) is 17.8 Å². The first-order valence-electron chi connectivity index (χ1n) is 8.50.